The van der Waals surface area contributed by atoms with Gasteiger partial charge in [0.05, 0.1) is 0 Å². The van der Waals surface area contributed by atoms with Crippen LogP contribution in [-0.2, 0) is 55.0 Å². The first-order valence-corrected chi connectivity index (χ1v) is 51.1. The molecule has 2 aromatic rings. The minimum absolute atomic E-state index is 0. The predicted molar refractivity (Wildman–Crippen MR) is 502 cm³/mol. The second-order valence-corrected chi connectivity index (χ2v) is 35.4. The van der Waals surface area contributed by atoms with Gasteiger partial charge in [-0.3, -0.25) is 0 Å². The van der Waals surface area contributed by atoms with Crippen LogP contribution in [-0.4, -0.2) is 4.70 Å². The van der Waals surface area contributed by atoms with Crippen molar-refractivity contribution in [1.29, 1.82) is 0 Å². The van der Waals surface area contributed by atoms with Crippen LogP contribution in [0, 0.1) is 13.8 Å². The van der Waals surface area contributed by atoms with E-state index >= 15 is 0 Å². The van der Waals surface area contributed by atoms with Gasteiger partial charge in [0.2, 0.25) is 11.4 Å². The molecule has 0 saturated carbocycles. The summed E-state index contributed by atoms with van der Waals surface area (Å²) in [5.74, 6) is 0. The van der Waals surface area contributed by atoms with Crippen LogP contribution in [0.25, 0.3) is 16.9 Å². The van der Waals surface area contributed by atoms with Crippen LogP contribution in [0.2, 0.25) is 0 Å². The Labute approximate surface area is 710 Å². The van der Waals surface area contributed by atoms with E-state index in [9.17, 15) is 5.53 Å². The minimum atomic E-state index is 0. The molecule has 0 fully saturated rings. The maximum atomic E-state index is 12.7. The van der Waals surface area contributed by atoms with Gasteiger partial charge in [-0.15, -0.1) is 0 Å². The Morgan fingerprint density at radius 3 is 0.505 bits per heavy atom. The molecule has 0 atom stereocenters. The Kier molecular flexibility index (Phi) is 83.0. The summed E-state index contributed by atoms with van der Waals surface area (Å²) in [6.45, 7) is 31.0. The van der Waals surface area contributed by atoms with E-state index < -0.39 is 0 Å². The molecule has 0 bridgehead atoms. The molecule has 111 heavy (non-hydrogen) atoms. The van der Waals surface area contributed by atoms with Gasteiger partial charge in [-0.25, -0.2) is 4.70 Å². The summed E-state index contributed by atoms with van der Waals surface area (Å²) in [4.78, 5) is 0. The smallest absolute Gasteiger partial charge is 0.493 e. The fourth-order valence-electron chi connectivity index (χ4n) is 17.4. The van der Waals surface area contributed by atoms with Crippen LogP contribution in [0.5, 0.6) is 0 Å². The SMILES string of the molecule is CCCCC1=C(c2cc(CCCC)c(CCCC)c(CCCC)c2)[N+](=[N-])C(c2cc(CCCC)c(CCCC)c(CCCC)c2)=C1CCCC.[CH2-]CCCCCCCCCCCCCCCCCCCCCCCCCCCCC.[CH2-]CCCCCCCCCCCCCCCCCCCCCCCCCCCCC.[Ni+2]. The fraction of sp³-hybridized carbons (Fsp3) is 0.833. The van der Waals surface area contributed by atoms with Crippen molar-refractivity contribution in [3.05, 3.63) is 99.3 Å². The molecule has 1 aliphatic rings. The van der Waals surface area contributed by atoms with Crippen LogP contribution in [0.3, 0.4) is 0 Å². The van der Waals surface area contributed by atoms with E-state index in [-0.39, 0.29) is 16.5 Å². The summed E-state index contributed by atoms with van der Waals surface area (Å²) in [7, 11) is 0. The van der Waals surface area contributed by atoms with Crippen molar-refractivity contribution < 1.29 is 21.2 Å². The third-order valence-corrected chi connectivity index (χ3v) is 24.8. The van der Waals surface area contributed by atoms with Gasteiger partial charge in [0.15, 0.2) is 0 Å². The van der Waals surface area contributed by atoms with Crippen LogP contribution < -0.4 is 0 Å². The molecule has 3 heteroatoms. The Hall–Kier alpha value is -1.99. The molecule has 0 amide bonds. The van der Waals surface area contributed by atoms with Gasteiger partial charge in [0.25, 0.3) is 0 Å². The monoisotopic (exact) mass is 1580 g/mol. The molecule has 0 aromatic heterocycles. The molecule has 650 valence electrons. The normalized spacial score (nSPS) is 12.2. The molecule has 0 radical (unpaired) electrons. The third kappa shape index (κ3) is 58.5. The number of allylic oxidation sites excluding steroid dienone is 2. The molecule has 3 rings (SSSR count). The van der Waals surface area contributed by atoms with Crippen molar-refractivity contribution in [2.24, 2.45) is 0 Å². The number of aryl methyl sites for hydroxylation is 4. The Bertz CT molecular complexity index is 2090. The minimum Gasteiger partial charge on any atom is -0.493 e. The molecule has 1 heterocycles. The number of nitrogens with zero attached hydrogens (tertiary/aromatic N) is 2. The van der Waals surface area contributed by atoms with Gasteiger partial charge in [-0.2, -0.15) is 12.8 Å². The third-order valence-electron chi connectivity index (χ3n) is 24.8. The van der Waals surface area contributed by atoms with Gasteiger partial charge < -0.3 is 19.4 Å². The molecule has 0 saturated heterocycles. The number of benzene rings is 2. The largest absolute Gasteiger partial charge is 2.00 e. The van der Waals surface area contributed by atoms with E-state index in [1.807, 2.05) is 0 Å². The summed E-state index contributed by atoms with van der Waals surface area (Å²) < 4.78 is 1.69. The number of hydrogen-bond donors (Lipinski definition) is 0. The summed E-state index contributed by atoms with van der Waals surface area (Å²) >= 11 is 0. The van der Waals surface area contributed by atoms with Crippen molar-refractivity contribution in [1.82, 2.24) is 0 Å². The summed E-state index contributed by atoms with van der Waals surface area (Å²) in [6.07, 6.45) is 110. The summed E-state index contributed by atoms with van der Waals surface area (Å²) in [5, 5.41) is 0. The molecular formula is C108H198N2Ni. The number of rotatable bonds is 80. The van der Waals surface area contributed by atoms with Gasteiger partial charge in [0.1, 0.15) is 0 Å². The van der Waals surface area contributed by atoms with Gasteiger partial charge in [-0.05, 0) is 160 Å². The fourth-order valence-corrected chi connectivity index (χ4v) is 17.4. The molecule has 2 aromatic carbocycles. The molecule has 2 nitrogen and oxygen atoms in total. The quantitative estimate of drug-likeness (QED) is 0.0273. The summed E-state index contributed by atoms with van der Waals surface area (Å²) in [6, 6.07) is 10.0. The molecule has 0 aliphatic carbocycles. The molecule has 0 unspecified atom stereocenters. The first kappa shape index (κ1) is 109. The first-order chi connectivity index (χ1) is 54.3. The second-order valence-electron chi connectivity index (χ2n) is 35.4. The van der Waals surface area contributed by atoms with E-state index in [4.69, 9.17) is 0 Å². The Balaban J connectivity index is 0.00000173. The number of unbranched alkanes of at least 4 members (excludes halogenated alkanes) is 62. The van der Waals surface area contributed by atoms with Crippen molar-refractivity contribution in [3.8, 4) is 0 Å². The van der Waals surface area contributed by atoms with Gasteiger partial charge in [0, 0.05) is 22.3 Å². The Morgan fingerprint density at radius 1 is 0.198 bits per heavy atom. The molecule has 0 N–H and O–H groups in total. The van der Waals surface area contributed by atoms with E-state index in [1.165, 1.54) is 481 Å². The van der Waals surface area contributed by atoms with Crippen LogP contribution >= 0.6 is 0 Å². The van der Waals surface area contributed by atoms with Crippen LogP contribution in [0.1, 0.15) is 589 Å². The average molecular weight is 1580 g/mol. The van der Waals surface area contributed by atoms with E-state index in [0.717, 1.165) is 88.4 Å². The van der Waals surface area contributed by atoms with Crippen molar-refractivity contribution >= 4 is 11.4 Å². The second kappa shape index (κ2) is 84.5. The predicted octanol–water partition coefficient (Wildman–Crippen LogP) is 38.8. The first-order valence-electron chi connectivity index (χ1n) is 51.1. The molecule has 0 spiro atoms. The van der Waals surface area contributed by atoms with Crippen molar-refractivity contribution in [3.63, 3.8) is 0 Å². The number of hydrogen-bond acceptors (Lipinski definition) is 0. The van der Waals surface area contributed by atoms with Crippen molar-refractivity contribution in [2.45, 2.75) is 583 Å². The Morgan fingerprint density at radius 2 is 0.342 bits per heavy atom. The van der Waals surface area contributed by atoms with Crippen LogP contribution in [0.4, 0.5) is 0 Å². The maximum absolute atomic E-state index is 12.7. The maximum Gasteiger partial charge on any atom is 2.00 e. The average Bonchev–Trinajstić information content (AvgIpc) is 1.60. The van der Waals surface area contributed by atoms with Gasteiger partial charge in [-0.1, -0.05) is 467 Å². The van der Waals surface area contributed by atoms with Gasteiger partial charge >= 0.3 is 16.5 Å². The zero-order valence-electron chi connectivity index (χ0n) is 77.5. The zero-order valence-corrected chi connectivity index (χ0v) is 78.5. The zero-order chi connectivity index (χ0) is 79.9. The topological polar surface area (TPSA) is 25.3 Å². The molecule has 1 aliphatic heterocycles. The summed E-state index contributed by atoms with van der Waals surface area (Å²) in [5.41, 5.74) is 29.5. The standard InChI is InChI=1S/C48H76N2.2C30H61.Ni/c1-9-17-25-37-33-41(34-38(26-18-10-2)43(37)29-21-13-5)47-45(31-23-15-7)46(32-24-16-8)48(50(47)49)42-35-39(27-19-11-3)44(30-22-14-6)40(36-42)28-20-12-4;2*1-3-5-7-9-11-13-15-17-19-21-23-25-27-29-30-28-26-24-22-20-18-16-14-12-10-8-6-4-2;/h33-36H,9-32H2,1-8H3;2*1,3-30H2,2H3;/q;2*-1;+2. The van der Waals surface area contributed by atoms with E-state index in [2.05, 4.69) is 107 Å². The molecular weight excluding hydrogens is 1380 g/mol. The van der Waals surface area contributed by atoms with E-state index in [1.54, 1.807) is 15.8 Å². The van der Waals surface area contributed by atoms with Crippen LogP contribution in [0.15, 0.2) is 35.4 Å². The van der Waals surface area contributed by atoms with Crippen molar-refractivity contribution in [2.75, 3.05) is 0 Å². The van der Waals surface area contributed by atoms with E-state index in [0.29, 0.717) is 0 Å².